The average molecular weight is 764 g/mol. The van der Waals surface area contributed by atoms with Crippen LogP contribution in [-0.4, -0.2) is 90.7 Å². The van der Waals surface area contributed by atoms with Crippen LogP contribution in [0.15, 0.2) is 30.3 Å². The van der Waals surface area contributed by atoms with Gasteiger partial charge in [-0.3, -0.25) is 28.8 Å². The highest BCUT2D eigenvalue weighted by atomic mass is 19.4. The third kappa shape index (κ3) is 9.59. The quantitative estimate of drug-likeness (QED) is 0.185. The molecule has 7 atom stereocenters. The summed E-state index contributed by atoms with van der Waals surface area (Å²) in [4.78, 5) is 94.4. The molecule has 0 radical (unpaired) electrons. The molecule has 298 valence electrons. The Bertz CT molecular complexity index is 1630. The van der Waals surface area contributed by atoms with E-state index in [-0.39, 0.29) is 29.6 Å². The van der Waals surface area contributed by atoms with Crippen LogP contribution in [0.3, 0.4) is 0 Å². The maximum Gasteiger partial charge on any atom is 0.427 e. The largest absolute Gasteiger partial charge is 0.434 e. The van der Waals surface area contributed by atoms with Gasteiger partial charge in [-0.15, -0.1) is 0 Å². The Morgan fingerprint density at radius 3 is 2.09 bits per heavy atom. The zero-order valence-corrected chi connectivity index (χ0v) is 32.0. The number of nitrogens with one attached hydrogen (secondary N) is 4. The van der Waals surface area contributed by atoms with Crippen molar-refractivity contribution in [1.29, 1.82) is 0 Å². The van der Waals surface area contributed by atoms with Crippen molar-refractivity contribution in [1.82, 2.24) is 26.2 Å². The molecule has 0 aliphatic heterocycles. The number of benzene rings is 1. The van der Waals surface area contributed by atoms with Crippen LogP contribution in [0.1, 0.15) is 78.8 Å². The minimum Gasteiger partial charge on any atom is -0.434 e. The molecule has 2 unspecified atom stereocenters. The number of carbonyl (C=O) groups is 7. The van der Waals surface area contributed by atoms with Crippen LogP contribution in [0.2, 0.25) is 0 Å². The number of Topliss-reactive ketones (excluding diaryl/α,β-unsaturated/α-hetero) is 2. The van der Waals surface area contributed by atoms with E-state index in [4.69, 9.17) is 0 Å². The molecule has 4 rings (SSSR count). The number of fused-ring (bicyclic) bond motifs is 1. The minimum absolute atomic E-state index is 0.0374. The Labute approximate surface area is 313 Å². The fraction of sp³-hybridized carbons (Fsp3) is 0.658. The molecule has 0 spiro atoms. The van der Waals surface area contributed by atoms with Crippen LogP contribution in [-0.2, 0) is 33.5 Å². The molecule has 4 N–H and O–H groups in total. The Morgan fingerprint density at radius 1 is 0.944 bits per heavy atom. The van der Waals surface area contributed by atoms with Gasteiger partial charge in [0.1, 0.15) is 6.04 Å². The van der Waals surface area contributed by atoms with E-state index in [1.54, 1.807) is 44.2 Å². The molecule has 5 amide bonds. The number of alkyl carbamates (subject to hydrolysis) is 1. The molecule has 1 aromatic carbocycles. The third-order valence-corrected chi connectivity index (χ3v) is 11.1. The van der Waals surface area contributed by atoms with Gasteiger partial charge in [0.15, 0.2) is 5.78 Å². The zero-order valence-electron chi connectivity index (χ0n) is 32.0. The standard InChI is InChI=1S/C38H52F3N5O8/c1-19(2)28(45-35(53)54-37(5,6)38(39,40)41)30(48)22-17-23-27(36(23,3)4)26(22)32(50)43-24(16-20-14-15-20)31(49)33(51)42-18-25(47)44-29(34(52)46(7)8)21-12-10-9-11-13-21/h9-13,19-20,22-24,26-29H,14-18H2,1-8H3,(H,42,51)(H,43,50)(H,44,47)(H,45,53)/t22?,23-,24?,26-,27-,28-,29-/m0/s1. The molecule has 0 heterocycles. The lowest BCUT2D eigenvalue weighted by Gasteiger charge is -2.32. The average Bonchev–Trinajstić information content (AvgIpc) is 3.94. The molecule has 54 heavy (non-hydrogen) atoms. The van der Waals surface area contributed by atoms with Gasteiger partial charge < -0.3 is 30.9 Å². The molecule has 0 aromatic heterocycles. The molecular formula is C38H52F3N5O8. The number of halogens is 3. The lowest BCUT2D eigenvalue weighted by Crippen LogP contribution is -2.54. The summed E-state index contributed by atoms with van der Waals surface area (Å²) < 4.78 is 44.8. The van der Waals surface area contributed by atoms with Gasteiger partial charge in [0.05, 0.1) is 24.5 Å². The van der Waals surface area contributed by atoms with E-state index < -0.39 is 95.5 Å². The highest BCUT2D eigenvalue weighted by molar-refractivity contribution is 6.38. The lowest BCUT2D eigenvalue weighted by atomic mass is 9.77. The van der Waals surface area contributed by atoms with Gasteiger partial charge in [0.25, 0.3) is 5.91 Å². The number of ether oxygens (including phenoxy) is 1. The Kier molecular flexibility index (Phi) is 12.6. The maximum atomic E-state index is 14.1. The van der Waals surface area contributed by atoms with Crippen LogP contribution >= 0.6 is 0 Å². The van der Waals surface area contributed by atoms with Gasteiger partial charge >= 0.3 is 12.3 Å². The fourth-order valence-corrected chi connectivity index (χ4v) is 7.50. The number of hydrogen-bond donors (Lipinski definition) is 4. The number of rotatable bonds is 16. The number of carbonyl (C=O) groups excluding carboxylic acids is 7. The van der Waals surface area contributed by atoms with Crippen LogP contribution in [0.5, 0.6) is 0 Å². The predicted molar refractivity (Wildman–Crippen MR) is 189 cm³/mol. The second kappa shape index (κ2) is 16.1. The first-order valence-electron chi connectivity index (χ1n) is 18.3. The van der Waals surface area contributed by atoms with E-state index in [1.807, 2.05) is 13.8 Å². The first-order chi connectivity index (χ1) is 25.0. The number of hydrogen-bond acceptors (Lipinski definition) is 8. The molecule has 3 aliphatic carbocycles. The molecule has 3 saturated carbocycles. The summed E-state index contributed by atoms with van der Waals surface area (Å²) in [6.07, 6.45) is -4.26. The SMILES string of the molecule is CC(C)[C@H](NC(=O)OC(C)(C)C(F)(F)F)C(=O)C1C[C@H]2[C@@H]([C@H]1C(=O)NC(CC1CC1)C(=O)C(=O)NCC(=O)N[C@H](C(=O)N(C)C)c1ccccc1)C2(C)C. The van der Waals surface area contributed by atoms with Crippen molar-refractivity contribution >= 4 is 41.3 Å². The summed E-state index contributed by atoms with van der Waals surface area (Å²) in [7, 11) is 3.07. The fourth-order valence-electron chi connectivity index (χ4n) is 7.50. The second-order valence-corrected chi connectivity index (χ2v) is 16.4. The van der Waals surface area contributed by atoms with E-state index in [2.05, 4.69) is 26.0 Å². The maximum absolute atomic E-state index is 14.1. The van der Waals surface area contributed by atoms with Crippen LogP contribution in [0.4, 0.5) is 18.0 Å². The minimum atomic E-state index is -4.86. The molecular weight excluding hydrogens is 711 g/mol. The monoisotopic (exact) mass is 763 g/mol. The molecule has 3 aliphatic rings. The number of nitrogens with zero attached hydrogens (tertiary/aromatic N) is 1. The summed E-state index contributed by atoms with van der Waals surface area (Å²) in [5, 5.41) is 9.90. The summed E-state index contributed by atoms with van der Waals surface area (Å²) in [5.74, 6) is -7.02. The molecule has 1 aromatic rings. The number of likely N-dealkylation sites (N-methyl/N-ethyl adjacent to an activating group) is 1. The summed E-state index contributed by atoms with van der Waals surface area (Å²) >= 11 is 0. The van der Waals surface area contributed by atoms with E-state index in [0.717, 1.165) is 12.8 Å². The molecule has 0 saturated heterocycles. The van der Waals surface area contributed by atoms with Crippen molar-refractivity contribution in [2.24, 2.45) is 40.9 Å². The van der Waals surface area contributed by atoms with Crippen molar-refractivity contribution < 1.29 is 51.5 Å². The van der Waals surface area contributed by atoms with Gasteiger partial charge in [-0.2, -0.15) is 13.2 Å². The molecule has 3 fully saturated rings. The number of amides is 5. The van der Waals surface area contributed by atoms with Crippen LogP contribution in [0, 0.1) is 40.9 Å². The third-order valence-electron chi connectivity index (χ3n) is 11.1. The first kappa shape index (κ1) is 42.2. The van der Waals surface area contributed by atoms with Gasteiger partial charge in [0.2, 0.25) is 29.1 Å². The van der Waals surface area contributed by atoms with E-state index in [0.29, 0.717) is 25.8 Å². The van der Waals surface area contributed by atoms with Gasteiger partial charge in [0, 0.05) is 20.0 Å². The second-order valence-electron chi connectivity index (χ2n) is 16.4. The molecule has 13 nitrogen and oxygen atoms in total. The van der Waals surface area contributed by atoms with Gasteiger partial charge in [-0.25, -0.2) is 4.79 Å². The van der Waals surface area contributed by atoms with E-state index >= 15 is 0 Å². The number of alkyl halides is 3. The van der Waals surface area contributed by atoms with Crippen molar-refractivity contribution in [3.8, 4) is 0 Å². The first-order valence-corrected chi connectivity index (χ1v) is 18.3. The molecule has 0 bridgehead atoms. The normalized spacial score (nSPS) is 23.2. The van der Waals surface area contributed by atoms with Crippen molar-refractivity contribution in [3.05, 3.63) is 35.9 Å². The summed E-state index contributed by atoms with van der Waals surface area (Å²) in [6.45, 7) is 7.89. The smallest absolute Gasteiger partial charge is 0.427 e. The van der Waals surface area contributed by atoms with Gasteiger partial charge in [-0.05, 0) is 61.3 Å². The van der Waals surface area contributed by atoms with E-state index in [1.165, 1.54) is 19.0 Å². The van der Waals surface area contributed by atoms with E-state index in [9.17, 15) is 46.7 Å². The predicted octanol–water partition coefficient (Wildman–Crippen LogP) is 3.47. The summed E-state index contributed by atoms with van der Waals surface area (Å²) in [5.41, 5.74) is -2.62. The van der Waals surface area contributed by atoms with Crippen LogP contribution in [0.25, 0.3) is 0 Å². The summed E-state index contributed by atoms with van der Waals surface area (Å²) in [6, 6.07) is 4.94. The van der Waals surface area contributed by atoms with Crippen molar-refractivity contribution in [2.75, 3.05) is 20.6 Å². The topological polar surface area (TPSA) is 180 Å². The van der Waals surface area contributed by atoms with Crippen molar-refractivity contribution in [2.45, 2.75) is 97.1 Å². The Balaban J connectivity index is 1.45. The van der Waals surface area contributed by atoms with Crippen molar-refractivity contribution in [3.63, 3.8) is 0 Å². The van der Waals surface area contributed by atoms with Crippen LogP contribution < -0.4 is 21.3 Å². The highest BCUT2D eigenvalue weighted by Gasteiger charge is 2.70. The van der Waals surface area contributed by atoms with Gasteiger partial charge in [-0.1, -0.05) is 70.9 Å². The zero-order chi connectivity index (χ0) is 40.5. The molecule has 16 heteroatoms. The Hall–Kier alpha value is -4.50. The lowest BCUT2D eigenvalue weighted by molar-refractivity contribution is -0.244. The Morgan fingerprint density at radius 2 is 1.56 bits per heavy atom. The number of ketones is 2. The highest BCUT2D eigenvalue weighted by Crippen LogP contribution is 2.71.